The average molecular weight is 503 g/mol. The van der Waals surface area contributed by atoms with Gasteiger partial charge < -0.3 is 15.4 Å². The first kappa shape index (κ1) is 29.8. The van der Waals surface area contributed by atoms with E-state index < -0.39 is 5.91 Å². The molecule has 0 aliphatic heterocycles. The van der Waals surface area contributed by atoms with Crippen LogP contribution in [-0.2, 0) is 6.54 Å². The van der Waals surface area contributed by atoms with Crippen molar-refractivity contribution in [2.24, 2.45) is 5.73 Å². The van der Waals surface area contributed by atoms with Crippen molar-refractivity contribution in [2.75, 3.05) is 6.61 Å². The fourth-order valence-electron chi connectivity index (χ4n) is 3.79. The molecule has 2 rings (SSSR count). The van der Waals surface area contributed by atoms with Crippen molar-refractivity contribution in [3.63, 3.8) is 0 Å². The maximum Gasteiger partial charge on any atom is 0.250 e. The van der Waals surface area contributed by atoms with Crippen molar-refractivity contribution in [3.05, 3.63) is 87.0 Å². The molecule has 1 aliphatic carbocycles. The predicted octanol–water partition coefficient (Wildman–Crippen LogP) is 7.54. The topological polar surface area (TPSA) is 68.2 Å². The molecule has 0 saturated carbocycles. The van der Waals surface area contributed by atoms with Crippen LogP contribution in [0.4, 0.5) is 0 Å². The van der Waals surface area contributed by atoms with Gasteiger partial charge in [-0.05, 0) is 61.5 Å². The average Bonchev–Trinajstić information content (AvgIpc) is 3.05. The summed E-state index contributed by atoms with van der Waals surface area (Å²) in [5, 5.41) is 11.4. The SMILES string of the molecule is C=C/C=C(\C=C/C)Cn1c(C)c(C(N)=O)c(C(C)C)c1SC1=C/C(Cl)=C\CC/C(CO)=C\1.CC. The van der Waals surface area contributed by atoms with Crippen LogP contribution >= 0.6 is 23.4 Å². The highest BCUT2D eigenvalue weighted by Gasteiger charge is 2.26. The Labute approximate surface area is 214 Å². The van der Waals surface area contributed by atoms with Crippen LogP contribution in [0.3, 0.4) is 0 Å². The molecule has 1 heterocycles. The number of halogens is 1. The molecule has 1 aromatic rings. The van der Waals surface area contributed by atoms with Gasteiger partial charge >= 0.3 is 0 Å². The predicted molar refractivity (Wildman–Crippen MR) is 148 cm³/mol. The summed E-state index contributed by atoms with van der Waals surface area (Å²) in [5.41, 5.74) is 10.2. The fourth-order valence-corrected chi connectivity index (χ4v) is 5.48. The van der Waals surface area contributed by atoms with Crippen LogP contribution in [0.1, 0.15) is 75.0 Å². The van der Waals surface area contributed by atoms with E-state index in [4.69, 9.17) is 17.3 Å². The molecule has 186 valence electrons. The molecule has 0 spiro atoms. The Morgan fingerprint density at radius 2 is 2.03 bits per heavy atom. The number of amides is 1. The molecule has 0 unspecified atom stereocenters. The molecule has 34 heavy (non-hydrogen) atoms. The van der Waals surface area contributed by atoms with Crippen molar-refractivity contribution in [3.8, 4) is 0 Å². The fraction of sp³-hybridized carbons (Fsp3) is 0.393. The maximum absolute atomic E-state index is 12.5. The van der Waals surface area contributed by atoms with Crippen molar-refractivity contribution >= 4 is 29.3 Å². The van der Waals surface area contributed by atoms with Crippen LogP contribution in [0.5, 0.6) is 0 Å². The number of nitrogens with two attached hydrogens (primary N) is 1. The quantitative estimate of drug-likeness (QED) is 0.342. The Bertz CT molecular complexity index is 1020. The van der Waals surface area contributed by atoms with Gasteiger partial charge in [-0.15, -0.1) is 0 Å². The molecule has 1 aliphatic rings. The van der Waals surface area contributed by atoms with Gasteiger partial charge in [0, 0.05) is 22.2 Å². The summed E-state index contributed by atoms with van der Waals surface area (Å²) >= 11 is 7.96. The molecule has 0 aromatic carbocycles. The van der Waals surface area contributed by atoms with E-state index in [-0.39, 0.29) is 12.5 Å². The van der Waals surface area contributed by atoms with E-state index >= 15 is 0 Å². The molecule has 0 radical (unpaired) electrons. The van der Waals surface area contributed by atoms with Crippen LogP contribution in [0.25, 0.3) is 0 Å². The molecular weight excluding hydrogens is 464 g/mol. The Morgan fingerprint density at radius 1 is 1.35 bits per heavy atom. The smallest absolute Gasteiger partial charge is 0.250 e. The van der Waals surface area contributed by atoms with Gasteiger partial charge in [-0.2, -0.15) is 0 Å². The summed E-state index contributed by atoms with van der Waals surface area (Å²) in [5.74, 6) is -0.335. The number of rotatable bonds is 9. The van der Waals surface area contributed by atoms with Crippen molar-refractivity contribution in [1.29, 1.82) is 0 Å². The van der Waals surface area contributed by atoms with Crippen LogP contribution < -0.4 is 5.73 Å². The summed E-state index contributed by atoms with van der Waals surface area (Å²) in [7, 11) is 0. The summed E-state index contributed by atoms with van der Waals surface area (Å²) < 4.78 is 2.14. The number of nitrogens with zero attached hydrogens (tertiary/aromatic N) is 1. The molecule has 0 atom stereocenters. The third-order valence-corrected chi connectivity index (χ3v) is 6.61. The number of hydrogen-bond acceptors (Lipinski definition) is 3. The monoisotopic (exact) mass is 502 g/mol. The molecule has 3 N–H and O–H groups in total. The van der Waals surface area contributed by atoms with Gasteiger partial charge in [-0.3, -0.25) is 4.79 Å². The summed E-state index contributed by atoms with van der Waals surface area (Å²) in [6, 6.07) is 0. The first-order valence-electron chi connectivity index (χ1n) is 11.8. The van der Waals surface area contributed by atoms with E-state index in [1.54, 1.807) is 17.8 Å². The Hall–Kier alpha value is -2.21. The van der Waals surface area contributed by atoms with E-state index in [1.807, 2.05) is 64.2 Å². The normalized spacial score (nSPS) is 19.2. The van der Waals surface area contributed by atoms with E-state index in [1.165, 1.54) is 0 Å². The molecule has 6 heteroatoms. The number of allylic oxidation sites excluding steroid dienone is 9. The first-order chi connectivity index (χ1) is 16.2. The molecule has 0 bridgehead atoms. The number of hydrogen-bond donors (Lipinski definition) is 2. The lowest BCUT2D eigenvalue weighted by molar-refractivity contribution is 0.0998. The number of thioether (sulfide) groups is 1. The van der Waals surface area contributed by atoms with Crippen LogP contribution in [0.2, 0.25) is 0 Å². The number of aliphatic hydroxyl groups is 1. The lowest BCUT2D eigenvalue weighted by atomic mass is 10.0. The second-order valence-corrected chi connectivity index (χ2v) is 9.50. The maximum atomic E-state index is 12.5. The van der Waals surface area contributed by atoms with Crippen molar-refractivity contribution in [1.82, 2.24) is 4.57 Å². The zero-order valence-electron chi connectivity index (χ0n) is 21.3. The number of aliphatic hydroxyl groups excluding tert-OH is 1. The third-order valence-electron chi connectivity index (χ3n) is 5.24. The van der Waals surface area contributed by atoms with E-state index in [2.05, 4.69) is 25.0 Å². The Balaban J connectivity index is 0.00000281. The largest absolute Gasteiger partial charge is 0.392 e. The highest BCUT2D eigenvalue weighted by atomic mass is 35.5. The number of primary amides is 1. The zero-order chi connectivity index (χ0) is 25.8. The Kier molecular flexibility index (Phi) is 13.1. The second-order valence-electron chi connectivity index (χ2n) is 8.00. The summed E-state index contributed by atoms with van der Waals surface area (Å²) in [6.45, 7) is 16.4. The van der Waals surface area contributed by atoms with Gasteiger partial charge in [0.25, 0.3) is 5.91 Å². The molecular formula is C28H39ClN2O2S. The van der Waals surface area contributed by atoms with E-state index in [9.17, 15) is 9.90 Å². The molecule has 4 nitrogen and oxygen atoms in total. The minimum atomic E-state index is -0.428. The molecule has 0 fully saturated rings. The minimum absolute atomic E-state index is 0.000484. The van der Waals surface area contributed by atoms with Gasteiger partial charge in [-0.25, -0.2) is 0 Å². The summed E-state index contributed by atoms with van der Waals surface area (Å²) in [4.78, 5) is 13.4. The molecule has 1 amide bonds. The van der Waals surface area contributed by atoms with Crippen LogP contribution in [-0.4, -0.2) is 22.2 Å². The lowest BCUT2D eigenvalue weighted by Gasteiger charge is -2.16. The van der Waals surface area contributed by atoms with Crippen LogP contribution in [0.15, 0.2) is 75.2 Å². The third kappa shape index (κ3) is 7.93. The van der Waals surface area contributed by atoms with E-state index in [0.29, 0.717) is 17.1 Å². The number of carbonyl (C=O) groups is 1. The minimum Gasteiger partial charge on any atom is -0.392 e. The van der Waals surface area contributed by atoms with Gasteiger partial charge in [0.15, 0.2) is 0 Å². The molecule has 1 aromatic heterocycles. The summed E-state index contributed by atoms with van der Waals surface area (Å²) in [6.07, 6.45) is 15.2. The van der Waals surface area contributed by atoms with Crippen LogP contribution in [0, 0.1) is 6.92 Å². The van der Waals surface area contributed by atoms with Gasteiger partial charge in [0.1, 0.15) is 0 Å². The highest BCUT2D eigenvalue weighted by molar-refractivity contribution is 8.03. The second kappa shape index (κ2) is 14.9. The standard InChI is InChI=1S/C26H33ClN2O2S.C2H6/c1-6-9-19(10-7-2)15-29-18(5)24(25(28)31)23(17(3)4)26(29)32-22-13-20(16-30)11-8-12-21(27)14-22;1-2/h6-7,9-10,12-14,17,30H,1,8,11,15-16H2,2-5H3,(H2,28,31);1-2H3/b10-7-,19-9+,20-13+,21-12+,22-14+;. The number of carbonyl (C=O) groups excluding carboxylic acids is 1. The van der Waals surface area contributed by atoms with Gasteiger partial charge in [0.05, 0.1) is 17.2 Å². The first-order valence-corrected chi connectivity index (χ1v) is 12.9. The van der Waals surface area contributed by atoms with Crippen molar-refractivity contribution < 1.29 is 9.90 Å². The zero-order valence-corrected chi connectivity index (χ0v) is 22.9. The van der Waals surface area contributed by atoms with Gasteiger partial charge in [-0.1, -0.05) is 88.0 Å². The van der Waals surface area contributed by atoms with E-state index in [0.717, 1.165) is 45.2 Å². The Morgan fingerprint density at radius 3 is 2.56 bits per heavy atom. The van der Waals surface area contributed by atoms with Crippen molar-refractivity contribution in [2.45, 2.75) is 71.9 Å². The lowest BCUT2D eigenvalue weighted by Crippen LogP contribution is -2.15. The number of aromatic nitrogens is 1. The highest BCUT2D eigenvalue weighted by Crippen LogP contribution is 2.41. The molecule has 0 saturated heterocycles. The van der Waals surface area contributed by atoms with Gasteiger partial charge in [0.2, 0.25) is 0 Å².